The standard InChI is InChI=1S/C29H28ClN5O4/c1-17-7-5-6-8-20(17)15-39-21-11-9-19(10-12-21)27-26(18(2)33-29-31-16-32-35(27)29)28(36)34-23-14-24(37-3)22(30)13-25(23)38-4/h5-14,16,27H,15H2,1-4H3,(H,34,36)(H,31,32,33). The summed E-state index contributed by atoms with van der Waals surface area (Å²) in [5, 5.41) is 10.9. The van der Waals surface area contributed by atoms with Crippen LogP contribution in [-0.4, -0.2) is 34.9 Å². The van der Waals surface area contributed by atoms with Gasteiger partial charge in [-0.3, -0.25) is 4.79 Å². The van der Waals surface area contributed by atoms with Crippen molar-refractivity contribution in [1.82, 2.24) is 14.8 Å². The van der Waals surface area contributed by atoms with Crippen molar-refractivity contribution < 1.29 is 19.0 Å². The molecule has 0 saturated heterocycles. The molecule has 2 heterocycles. The molecule has 10 heteroatoms. The molecule has 4 aromatic rings. The van der Waals surface area contributed by atoms with Gasteiger partial charge in [0.2, 0.25) is 5.95 Å². The molecule has 1 aliphatic heterocycles. The van der Waals surface area contributed by atoms with Crippen LogP contribution in [0.15, 0.2) is 78.3 Å². The third kappa shape index (κ3) is 5.26. The number of rotatable bonds is 8. The number of allylic oxidation sites excluding steroid dienone is 1. The molecule has 1 atom stereocenters. The van der Waals surface area contributed by atoms with Crippen molar-refractivity contribution in [2.24, 2.45) is 0 Å². The smallest absolute Gasteiger partial charge is 0.255 e. The summed E-state index contributed by atoms with van der Waals surface area (Å²) in [5.41, 5.74) is 4.69. The number of anilines is 2. The molecule has 1 aromatic heterocycles. The Kier molecular flexibility index (Phi) is 7.42. The lowest BCUT2D eigenvalue weighted by atomic mass is 9.95. The van der Waals surface area contributed by atoms with E-state index < -0.39 is 6.04 Å². The molecule has 1 unspecified atom stereocenters. The maximum absolute atomic E-state index is 13.8. The molecule has 5 rings (SSSR count). The number of nitrogens with zero attached hydrogens (tertiary/aromatic N) is 3. The number of hydrogen-bond acceptors (Lipinski definition) is 7. The summed E-state index contributed by atoms with van der Waals surface area (Å²) in [7, 11) is 3.02. The molecule has 1 aliphatic rings. The Morgan fingerprint density at radius 1 is 1.05 bits per heavy atom. The molecule has 1 amide bonds. The summed E-state index contributed by atoms with van der Waals surface area (Å²) in [6.45, 7) is 4.36. The van der Waals surface area contributed by atoms with Gasteiger partial charge in [0.1, 0.15) is 36.2 Å². The van der Waals surface area contributed by atoms with E-state index in [9.17, 15) is 4.79 Å². The molecule has 9 nitrogen and oxygen atoms in total. The van der Waals surface area contributed by atoms with E-state index in [0.29, 0.717) is 46.0 Å². The van der Waals surface area contributed by atoms with E-state index in [2.05, 4.69) is 39.8 Å². The first kappa shape index (κ1) is 26.1. The minimum absolute atomic E-state index is 0.339. The normalized spacial score (nSPS) is 14.3. The van der Waals surface area contributed by atoms with Crippen LogP contribution in [0.4, 0.5) is 11.6 Å². The van der Waals surface area contributed by atoms with Crippen LogP contribution in [0.2, 0.25) is 5.02 Å². The number of amides is 1. The number of halogens is 1. The highest BCUT2D eigenvalue weighted by atomic mass is 35.5. The Hall–Kier alpha value is -4.50. The number of carbonyl (C=O) groups is 1. The average Bonchev–Trinajstić information content (AvgIpc) is 3.41. The maximum Gasteiger partial charge on any atom is 0.255 e. The van der Waals surface area contributed by atoms with E-state index in [0.717, 1.165) is 16.9 Å². The van der Waals surface area contributed by atoms with Gasteiger partial charge in [-0.2, -0.15) is 10.1 Å². The molecular weight excluding hydrogens is 518 g/mol. The van der Waals surface area contributed by atoms with E-state index in [4.69, 9.17) is 25.8 Å². The highest BCUT2D eigenvalue weighted by molar-refractivity contribution is 6.32. The number of fused-ring (bicyclic) bond motifs is 1. The number of hydrogen-bond donors (Lipinski definition) is 2. The zero-order chi connectivity index (χ0) is 27.5. The second-order valence-electron chi connectivity index (χ2n) is 9.02. The largest absolute Gasteiger partial charge is 0.495 e. The fourth-order valence-electron chi connectivity index (χ4n) is 4.52. The zero-order valence-electron chi connectivity index (χ0n) is 22.0. The molecule has 2 N–H and O–H groups in total. The summed E-state index contributed by atoms with van der Waals surface area (Å²) >= 11 is 6.25. The fraction of sp³-hybridized carbons (Fsp3) is 0.207. The Labute approximate surface area is 231 Å². The quantitative estimate of drug-likeness (QED) is 0.290. The van der Waals surface area contributed by atoms with Gasteiger partial charge in [-0.05, 0) is 42.7 Å². The minimum Gasteiger partial charge on any atom is -0.495 e. The third-order valence-electron chi connectivity index (χ3n) is 6.61. The molecule has 3 aromatic carbocycles. The molecule has 0 spiro atoms. The van der Waals surface area contributed by atoms with Crippen molar-refractivity contribution in [3.63, 3.8) is 0 Å². The van der Waals surface area contributed by atoms with Crippen LogP contribution in [-0.2, 0) is 11.4 Å². The topological polar surface area (TPSA) is 99.5 Å². The number of carbonyl (C=O) groups excluding carboxylic acids is 1. The Morgan fingerprint density at radius 3 is 2.51 bits per heavy atom. The lowest BCUT2D eigenvalue weighted by Gasteiger charge is -2.29. The molecule has 0 bridgehead atoms. The third-order valence-corrected chi connectivity index (χ3v) is 6.91. The Morgan fingerprint density at radius 2 is 1.79 bits per heavy atom. The fourth-order valence-corrected chi connectivity index (χ4v) is 4.75. The molecule has 39 heavy (non-hydrogen) atoms. The number of nitrogens with one attached hydrogen (secondary N) is 2. The van der Waals surface area contributed by atoms with Crippen molar-refractivity contribution in [3.8, 4) is 17.2 Å². The summed E-state index contributed by atoms with van der Waals surface area (Å²) in [5.74, 6) is 1.74. The average molecular weight is 546 g/mol. The lowest BCUT2D eigenvalue weighted by molar-refractivity contribution is -0.113. The maximum atomic E-state index is 13.8. The van der Waals surface area contributed by atoms with Gasteiger partial charge in [0.05, 0.1) is 30.5 Å². The van der Waals surface area contributed by atoms with Crippen LogP contribution in [0.5, 0.6) is 17.2 Å². The van der Waals surface area contributed by atoms with Crippen molar-refractivity contribution in [2.75, 3.05) is 24.9 Å². The second kappa shape index (κ2) is 11.1. The van der Waals surface area contributed by atoms with Gasteiger partial charge in [0.25, 0.3) is 5.91 Å². The van der Waals surface area contributed by atoms with E-state index in [1.807, 2.05) is 43.3 Å². The van der Waals surface area contributed by atoms with E-state index in [1.165, 1.54) is 26.1 Å². The van der Waals surface area contributed by atoms with Gasteiger partial charge in [0.15, 0.2) is 0 Å². The van der Waals surface area contributed by atoms with Crippen molar-refractivity contribution >= 4 is 29.1 Å². The molecular formula is C29H28ClN5O4. The molecule has 0 fully saturated rings. The monoisotopic (exact) mass is 545 g/mol. The SMILES string of the molecule is COc1cc(NC(=O)C2=C(C)Nc3ncnn3C2c2ccc(OCc3ccccc3C)cc2)c(OC)cc1Cl. The van der Waals surface area contributed by atoms with E-state index in [-0.39, 0.29) is 5.91 Å². The predicted molar refractivity (Wildman–Crippen MR) is 150 cm³/mol. The van der Waals surface area contributed by atoms with Crippen LogP contribution >= 0.6 is 11.6 Å². The van der Waals surface area contributed by atoms with Crippen LogP contribution in [0, 0.1) is 6.92 Å². The van der Waals surface area contributed by atoms with Crippen LogP contribution in [0.1, 0.15) is 29.7 Å². The minimum atomic E-state index is -0.533. The summed E-state index contributed by atoms with van der Waals surface area (Å²) < 4.78 is 18.5. The Bertz CT molecular complexity index is 1550. The first-order valence-electron chi connectivity index (χ1n) is 12.3. The van der Waals surface area contributed by atoms with Gasteiger partial charge in [-0.1, -0.05) is 48.0 Å². The van der Waals surface area contributed by atoms with Crippen molar-refractivity contribution in [3.05, 3.63) is 100.0 Å². The van der Waals surface area contributed by atoms with Gasteiger partial charge < -0.3 is 24.8 Å². The molecule has 200 valence electrons. The number of benzene rings is 3. The van der Waals surface area contributed by atoms with Gasteiger partial charge in [-0.15, -0.1) is 0 Å². The molecule has 0 radical (unpaired) electrons. The summed E-state index contributed by atoms with van der Waals surface area (Å²) in [6, 6.07) is 18.5. The van der Waals surface area contributed by atoms with Gasteiger partial charge in [0, 0.05) is 17.8 Å². The Balaban J connectivity index is 1.44. The first-order chi connectivity index (χ1) is 18.9. The lowest BCUT2D eigenvalue weighted by Crippen LogP contribution is -2.31. The second-order valence-corrected chi connectivity index (χ2v) is 9.43. The van der Waals surface area contributed by atoms with Gasteiger partial charge in [-0.25, -0.2) is 4.68 Å². The molecule has 0 aliphatic carbocycles. The van der Waals surface area contributed by atoms with Crippen molar-refractivity contribution in [2.45, 2.75) is 26.5 Å². The number of aryl methyl sites for hydroxylation is 1. The van der Waals surface area contributed by atoms with E-state index in [1.54, 1.807) is 16.8 Å². The number of aromatic nitrogens is 3. The molecule has 0 saturated carbocycles. The first-order valence-corrected chi connectivity index (χ1v) is 12.6. The van der Waals surface area contributed by atoms with Crippen LogP contribution in [0.25, 0.3) is 0 Å². The zero-order valence-corrected chi connectivity index (χ0v) is 22.7. The highest BCUT2D eigenvalue weighted by Gasteiger charge is 2.34. The van der Waals surface area contributed by atoms with Crippen LogP contribution < -0.4 is 24.8 Å². The number of ether oxygens (including phenoxy) is 3. The van der Waals surface area contributed by atoms with E-state index >= 15 is 0 Å². The highest BCUT2D eigenvalue weighted by Crippen LogP contribution is 2.39. The van der Waals surface area contributed by atoms with Crippen molar-refractivity contribution in [1.29, 1.82) is 0 Å². The summed E-state index contributed by atoms with van der Waals surface area (Å²) in [6.07, 6.45) is 1.45. The summed E-state index contributed by atoms with van der Waals surface area (Å²) in [4.78, 5) is 18.1. The predicted octanol–water partition coefficient (Wildman–Crippen LogP) is 5.76. The van der Waals surface area contributed by atoms with Gasteiger partial charge >= 0.3 is 0 Å². The number of methoxy groups -OCH3 is 2. The van der Waals surface area contributed by atoms with Crippen LogP contribution in [0.3, 0.4) is 0 Å².